The number of carboxylic acids is 1. The minimum Gasteiger partial charge on any atom is -0.496 e. The van der Waals surface area contributed by atoms with Crippen molar-refractivity contribution in [2.24, 2.45) is 0 Å². The molecule has 0 fully saturated rings. The van der Waals surface area contributed by atoms with Gasteiger partial charge in [0.05, 0.1) is 13.5 Å². The van der Waals surface area contributed by atoms with E-state index >= 15 is 0 Å². The third-order valence-corrected chi connectivity index (χ3v) is 3.63. The van der Waals surface area contributed by atoms with Crippen molar-refractivity contribution < 1.29 is 14.6 Å². The van der Waals surface area contributed by atoms with Crippen LogP contribution in [-0.4, -0.2) is 18.2 Å². The van der Waals surface area contributed by atoms with Crippen molar-refractivity contribution in [3.63, 3.8) is 0 Å². The van der Waals surface area contributed by atoms with Gasteiger partial charge in [0.15, 0.2) is 0 Å². The Labute approximate surface area is 122 Å². The van der Waals surface area contributed by atoms with Crippen LogP contribution in [-0.2, 0) is 10.2 Å². The van der Waals surface area contributed by atoms with Gasteiger partial charge in [-0.3, -0.25) is 4.79 Å². The maximum atomic E-state index is 11.1. The molecule has 1 N–H and O–H groups in total. The zero-order chi connectivity index (χ0) is 15.5. The minimum atomic E-state index is -0.766. The second kappa shape index (κ2) is 6.29. The molecule has 1 aromatic carbocycles. The first-order chi connectivity index (χ1) is 9.20. The average Bonchev–Trinajstić information content (AvgIpc) is 2.33. The quantitative estimate of drug-likeness (QED) is 0.875. The van der Waals surface area contributed by atoms with Gasteiger partial charge in [-0.05, 0) is 30.2 Å². The number of hydrogen-bond donors (Lipinski definition) is 1. The van der Waals surface area contributed by atoms with E-state index in [1.165, 1.54) is 0 Å². The van der Waals surface area contributed by atoms with Crippen LogP contribution in [0.15, 0.2) is 12.1 Å². The Balaban J connectivity index is 3.45. The largest absolute Gasteiger partial charge is 0.496 e. The molecule has 112 valence electrons. The summed E-state index contributed by atoms with van der Waals surface area (Å²) in [6.45, 7) is 10.5. The van der Waals surface area contributed by atoms with E-state index in [-0.39, 0.29) is 17.8 Å². The number of hydrogen-bond acceptors (Lipinski definition) is 2. The highest BCUT2D eigenvalue weighted by Gasteiger charge is 2.25. The third kappa shape index (κ3) is 3.75. The molecule has 0 radical (unpaired) electrons. The van der Waals surface area contributed by atoms with Crippen molar-refractivity contribution >= 4 is 5.97 Å². The van der Waals surface area contributed by atoms with Gasteiger partial charge in [-0.1, -0.05) is 45.4 Å². The van der Waals surface area contributed by atoms with E-state index in [2.05, 4.69) is 32.9 Å². The number of aliphatic carboxylic acids is 1. The fourth-order valence-corrected chi connectivity index (χ4v) is 2.57. The van der Waals surface area contributed by atoms with Crippen molar-refractivity contribution in [2.75, 3.05) is 7.11 Å². The van der Waals surface area contributed by atoms with Crippen molar-refractivity contribution in [2.45, 2.75) is 58.8 Å². The van der Waals surface area contributed by atoms with Crippen LogP contribution < -0.4 is 4.74 Å². The Kier molecular flexibility index (Phi) is 5.21. The summed E-state index contributed by atoms with van der Waals surface area (Å²) in [6, 6.07) is 4.20. The van der Waals surface area contributed by atoms with Crippen LogP contribution in [0.4, 0.5) is 0 Å². The second-order valence-corrected chi connectivity index (χ2v) is 6.39. The van der Waals surface area contributed by atoms with Gasteiger partial charge in [0.1, 0.15) is 5.75 Å². The van der Waals surface area contributed by atoms with Crippen molar-refractivity contribution in [3.8, 4) is 5.75 Å². The Morgan fingerprint density at radius 3 is 2.35 bits per heavy atom. The molecule has 0 saturated heterocycles. The summed E-state index contributed by atoms with van der Waals surface area (Å²) in [5, 5.41) is 9.10. The molecule has 0 saturated carbocycles. The lowest BCUT2D eigenvalue weighted by Gasteiger charge is -2.27. The number of benzene rings is 1. The zero-order valence-electron chi connectivity index (χ0n) is 13.4. The zero-order valence-corrected chi connectivity index (χ0v) is 13.4. The first kappa shape index (κ1) is 16.5. The number of carboxylic acid groups (broad SMARTS) is 1. The maximum absolute atomic E-state index is 11.1. The Hall–Kier alpha value is -1.51. The predicted molar refractivity (Wildman–Crippen MR) is 81.7 cm³/mol. The van der Waals surface area contributed by atoms with Gasteiger partial charge in [0, 0.05) is 5.56 Å². The fourth-order valence-electron chi connectivity index (χ4n) is 2.57. The van der Waals surface area contributed by atoms with E-state index in [9.17, 15) is 4.79 Å². The van der Waals surface area contributed by atoms with E-state index in [1.807, 2.05) is 13.8 Å². The van der Waals surface area contributed by atoms with Gasteiger partial charge in [-0.2, -0.15) is 0 Å². The average molecular weight is 278 g/mol. The monoisotopic (exact) mass is 278 g/mol. The first-order valence-electron chi connectivity index (χ1n) is 7.11. The smallest absolute Gasteiger partial charge is 0.303 e. The standard InChI is InChI=1S/C17H26O3/c1-7-12(10-15(18)19)13-8-11(2)9-14(16(13)20-6)17(3,4)5/h8-9,12H,7,10H2,1-6H3,(H,18,19). The van der Waals surface area contributed by atoms with Crippen LogP contribution in [0.2, 0.25) is 0 Å². The molecule has 0 bridgehead atoms. The van der Waals surface area contributed by atoms with Gasteiger partial charge in [-0.25, -0.2) is 0 Å². The highest BCUT2D eigenvalue weighted by Crippen LogP contribution is 2.40. The van der Waals surface area contributed by atoms with E-state index in [0.29, 0.717) is 0 Å². The van der Waals surface area contributed by atoms with Crippen LogP contribution in [0.1, 0.15) is 63.1 Å². The fraction of sp³-hybridized carbons (Fsp3) is 0.588. The molecule has 3 nitrogen and oxygen atoms in total. The van der Waals surface area contributed by atoms with Crippen LogP contribution in [0, 0.1) is 6.92 Å². The molecule has 0 heterocycles. The summed E-state index contributed by atoms with van der Waals surface area (Å²) in [5.74, 6) is 0.0670. The number of ether oxygens (including phenoxy) is 1. The maximum Gasteiger partial charge on any atom is 0.303 e. The Bertz CT molecular complexity index is 484. The molecule has 0 spiro atoms. The van der Waals surface area contributed by atoms with E-state index in [4.69, 9.17) is 9.84 Å². The molecular formula is C17H26O3. The molecule has 0 aliphatic carbocycles. The van der Waals surface area contributed by atoms with E-state index < -0.39 is 5.97 Å². The summed E-state index contributed by atoms with van der Waals surface area (Å²) in [5.41, 5.74) is 3.27. The molecule has 0 aliphatic rings. The molecule has 20 heavy (non-hydrogen) atoms. The van der Waals surface area contributed by atoms with Gasteiger partial charge < -0.3 is 9.84 Å². The Morgan fingerprint density at radius 1 is 1.35 bits per heavy atom. The van der Waals surface area contributed by atoms with Gasteiger partial charge >= 0.3 is 5.97 Å². The molecule has 0 amide bonds. The number of aryl methyl sites for hydroxylation is 1. The van der Waals surface area contributed by atoms with Gasteiger partial charge in [0.25, 0.3) is 0 Å². The molecule has 3 heteroatoms. The molecule has 1 aromatic rings. The molecule has 1 rings (SSSR count). The van der Waals surface area contributed by atoms with Crippen LogP contribution >= 0.6 is 0 Å². The normalized spacial score (nSPS) is 13.1. The SMILES string of the molecule is CCC(CC(=O)O)c1cc(C)cc(C(C)(C)C)c1OC. The number of rotatable bonds is 5. The Morgan fingerprint density at radius 2 is 1.95 bits per heavy atom. The summed E-state index contributed by atoms with van der Waals surface area (Å²) in [6.07, 6.45) is 0.926. The number of methoxy groups -OCH3 is 1. The topological polar surface area (TPSA) is 46.5 Å². The third-order valence-electron chi connectivity index (χ3n) is 3.63. The van der Waals surface area contributed by atoms with Crippen molar-refractivity contribution in [1.29, 1.82) is 0 Å². The minimum absolute atomic E-state index is 0.0107. The molecule has 1 unspecified atom stereocenters. The van der Waals surface area contributed by atoms with Crippen molar-refractivity contribution in [1.82, 2.24) is 0 Å². The summed E-state index contributed by atoms with van der Waals surface area (Å²) >= 11 is 0. The summed E-state index contributed by atoms with van der Waals surface area (Å²) in [4.78, 5) is 11.1. The lowest BCUT2D eigenvalue weighted by Crippen LogP contribution is -2.16. The molecule has 1 atom stereocenters. The lowest BCUT2D eigenvalue weighted by atomic mass is 9.81. The summed E-state index contributed by atoms with van der Waals surface area (Å²) in [7, 11) is 1.66. The molecular weight excluding hydrogens is 252 g/mol. The second-order valence-electron chi connectivity index (χ2n) is 6.39. The molecule has 0 aliphatic heterocycles. The van der Waals surface area contributed by atoms with E-state index in [0.717, 1.165) is 28.9 Å². The summed E-state index contributed by atoms with van der Waals surface area (Å²) < 4.78 is 5.63. The van der Waals surface area contributed by atoms with Gasteiger partial charge in [-0.15, -0.1) is 0 Å². The van der Waals surface area contributed by atoms with Crippen LogP contribution in [0.3, 0.4) is 0 Å². The molecule has 0 aromatic heterocycles. The van der Waals surface area contributed by atoms with Crippen LogP contribution in [0.25, 0.3) is 0 Å². The number of carbonyl (C=O) groups is 1. The van der Waals surface area contributed by atoms with E-state index in [1.54, 1.807) is 7.11 Å². The highest BCUT2D eigenvalue weighted by molar-refractivity contribution is 5.68. The van der Waals surface area contributed by atoms with Gasteiger partial charge in [0.2, 0.25) is 0 Å². The highest BCUT2D eigenvalue weighted by atomic mass is 16.5. The van der Waals surface area contributed by atoms with Crippen LogP contribution in [0.5, 0.6) is 5.75 Å². The lowest BCUT2D eigenvalue weighted by molar-refractivity contribution is -0.137. The first-order valence-corrected chi connectivity index (χ1v) is 7.11. The predicted octanol–water partition coefficient (Wildman–Crippen LogP) is 4.27. The van der Waals surface area contributed by atoms with Crippen molar-refractivity contribution in [3.05, 3.63) is 28.8 Å².